The van der Waals surface area contributed by atoms with E-state index in [0.29, 0.717) is 19.4 Å². The molecular formula is C10H12N4OS. The van der Waals surface area contributed by atoms with Crippen LogP contribution in [-0.2, 0) is 17.6 Å². The number of hydrogen-bond acceptors (Lipinski definition) is 4. The number of aromatic amines is 1. The zero-order valence-corrected chi connectivity index (χ0v) is 9.46. The number of amides is 1. The van der Waals surface area contributed by atoms with Crippen LogP contribution in [0.3, 0.4) is 0 Å². The smallest absolute Gasteiger partial charge is 0.224 e. The van der Waals surface area contributed by atoms with Crippen LogP contribution < -0.4 is 5.32 Å². The van der Waals surface area contributed by atoms with Crippen molar-refractivity contribution < 1.29 is 4.79 Å². The summed E-state index contributed by atoms with van der Waals surface area (Å²) >= 11 is 1.60. The van der Waals surface area contributed by atoms with E-state index in [1.54, 1.807) is 11.3 Å². The number of hydrogen-bond donors (Lipinski definition) is 2. The first-order valence-corrected chi connectivity index (χ1v) is 5.91. The van der Waals surface area contributed by atoms with Gasteiger partial charge >= 0.3 is 0 Å². The molecule has 2 rings (SSSR count). The van der Waals surface area contributed by atoms with Crippen molar-refractivity contribution >= 4 is 17.2 Å². The van der Waals surface area contributed by atoms with Gasteiger partial charge in [0.05, 0.1) is 6.42 Å². The summed E-state index contributed by atoms with van der Waals surface area (Å²) in [6, 6.07) is 1.96. The maximum absolute atomic E-state index is 11.5. The molecule has 0 aliphatic carbocycles. The number of nitrogens with one attached hydrogen (secondary N) is 2. The summed E-state index contributed by atoms with van der Waals surface area (Å²) in [5.74, 6) is 0.828. The first-order chi connectivity index (χ1) is 7.84. The van der Waals surface area contributed by atoms with Crippen LogP contribution in [-0.4, -0.2) is 27.6 Å². The molecule has 2 aromatic heterocycles. The molecule has 0 spiro atoms. The van der Waals surface area contributed by atoms with Gasteiger partial charge in [0, 0.05) is 13.0 Å². The third kappa shape index (κ3) is 3.16. The molecule has 0 aliphatic heterocycles. The van der Waals surface area contributed by atoms with E-state index in [4.69, 9.17) is 0 Å². The van der Waals surface area contributed by atoms with E-state index < -0.39 is 0 Å². The first kappa shape index (κ1) is 10.8. The van der Waals surface area contributed by atoms with Crippen LogP contribution in [0.2, 0.25) is 0 Å². The fourth-order valence-corrected chi connectivity index (χ4v) is 1.98. The molecule has 0 saturated carbocycles. The molecule has 2 heterocycles. The van der Waals surface area contributed by atoms with Crippen molar-refractivity contribution in [3.63, 3.8) is 0 Å². The Hall–Kier alpha value is -1.69. The van der Waals surface area contributed by atoms with Crippen molar-refractivity contribution in [2.45, 2.75) is 12.8 Å². The van der Waals surface area contributed by atoms with Gasteiger partial charge in [0.2, 0.25) is 5.91 Å². The highest BCUT2D eigenvalue weighted by molar-refractivity contribution is 7.07. The maximum atomic E-state index is 11.5. The average molecular weight is 236 g/mol. The minimum Gasteiger partial charge on any atom is -0.355 e. The molecule has 0 atom stereocenters. The van der Waals surface area contributed by atoms with Crippen LogP contribution in [0.4, 0.5) is 0 Å². The lowest BCUT2D eigenvalue weighted by Crippen LogP contribution is -2.27. The van der Waals surface area contributed by atoms with Crippen molar-refractivity contribution in [3.05, 3.63) is 34.5 Å². The lowest BCUT2D eigenvalue weighted by Gasteiger charge is -2.02. The summed E-state index contributed by atoms with van der Waals surface area (Å²) in [4.78, 5) is 15.5. The highest BCUT2D eigenvalue weighted by Crippen LogP contribution is 2.06. The number of H-pyrrole nitrogens is 1. The SMILES string of the molecule is O=C(Cc1ccsc1)NCCc1ncn[nH]1. The maximum Gasteiger partial charge on any atom is 0.224 e. The Balaban J connectivity index is 1.68. The van der Waals surface area contributed by atoms with E-state index in [2.05, 4.69) is 20.5 Å². The van der Waals surface area contributed by atoms with Gasteiger partial charge in [0.25, 0.3) is 0 Å². The largest absolute Gasteiger partial charge is 0.355 e. The molecule has 2 aromatic rings. The zero-order valence-electron chi connectivity index (χ0n) is 8.64. The molecule has 0 saturated heterocycles. The average Bonchev–Trinajstić information content (AvgIpc) is 2.90. The Labute approximate surface area is 96.9 Å². The molecule has 5 nitrogen and oxygen atoms in total. The molecular weight excluding hydrogens is 224 g/mol. The van der Waals surface area contributed by atoms with Gasteiger partial charge in [-0.05, 0) is 22.4 Å². The van der Waals surface area contributed by atoms with Gasteiger partial charge in [-0.1, -0.05) is 0 Å². The van der Waals surface area contributed by atoms with E-state index in [9.17, 15) is 4.79 Å². The fourth-order valence-electron chi connectivity index (χ4n) is 1.31. The van der Waals surface area contributed by atoms with Crippen LogP contribution in [0.25, 0.3) is 0 Å². The van der Waals surface area contributed by atoms with Crippen molar-refractivity contribution in [3.8, 4) is 0 Å². The predicted octanol–water partition coefficient (Wildman–Crippen LogP) is 0.768. The molecule has 84 valence electrons. The van der Waals surface area contributed by atoms with Gasteiger partial charge in [-0.15, -0.1) is 0 Å². The lowest BCUT2D eigenvalue weighted by molar-refractivity contribution is -0.120. The molecule has 0 bridgehead atoms. The van der Waals surface area contributed by atoms with Crippen LogP contribution >= 0.6 is 11.3 Å². The third-order valence-corrected chi connectivity index (χ3v) is 2.83. The summed E-state index contributed by atoms with van der Waals surface area (Å²) in [7, 11) is 0. The second-order valence-corrected chi connectivity index (χ2v) is 4.12. The Morgan fingerprint density at radius 1 is 1.56 bits per heavy atom. The number of thiophene rings is 1. The highest BCUT2D eigenvalue weighted by atomic mass is 32.1. The zero-order chi connectivity index (χ0) is 11.2. The number of carbonyl (C=O) groups is 1. The normalized spacial score (nSPS) is 10.2. The van der Waals surface area contributed by atoms with Gasteiger partial charge in [-0.2, -0.15) is 16.4 Å². The van der Waals surface area contributed by atoms with E-state index >= 15 is 0 Å². The van der Waals surface area contributed by atoms with E-state index in [0.717, 1.165) is 11.4 Å². The van der Waals surface area contributed by atoms with E-state index in [1.807, 2.05) is 16.8 Å². The molecule has 0 unspecified atom stereocenters. The molecule has 1 amide bonds. The minimum atomic E-state index is 0.0397. The van der Waals surface area contributed by atoms with E-state index in [1.165, 1.54) is 6.33 Å². The second-order valence-electron chi connectivity index (χ2n) is 3.34. The number of rotatable bonds is 5. The van der Waals surface area contributed by atoms with Crippen LogP contribution in [0.15, 0.2) is 23.2 Å². The van der Waals surface area contributed by atoms with Crippen molar-refractivity contribution in [1.29, 1.82) is 0 Å². The van der Waals surface area contributed by atoms with Gasteiger partial charge in [-0.3, -0.25) is 9.89 Å². The Morgan fingerprint density at radius 2 is 2.50 bits per heavy atom. The monoisotopic (exact) mass is 236 g/mol. The van der Waals surface area contributed by atoms with Gasteiger partial charge in [0.1, 0.15) is 12.2 Å². The number of nitrogens with zero attached hydrogens (tertiary/aromatic N) is 2. The summed E-state index contributed by atoms with van der Waals surface area (Å²) < 4.78 is 0. The Bertz CT molecular complexity index is 424. The molecule has 0 aliphatic rings. The predicted molar refractivity (Wildman–Crippen MR) is 61.1 cm³/mol. The molecule has 2 N–H and O–H groups in total. The van der Waals surface area contributed by atoms with Crippen LogP contribution in [0.1, 0.15) is 11.4 Å². The summed E-state index contributed by atoms with van der Waals surface area (Å²) in [5, 5.41) is 13.3. The van der Waals surface area contributed by atoms with Crippen molar-refractivity contribution in [2.24, 2.45) is 0 Å². The Morgan fingerprint density at radius 3 is 3.19 bits per heavy atom. The lowest BCUT2D eigenvalue weighted by atomic mass is 10.2. The van der Waals surface area contributed by atoms with Crippen molar-refractivity contribution in [1.82, 2.24) is 20.5 Å². The summed E-state index contributed by atoms with van der Waals surface area (Å²) in [5.41, 5.74) is 1.06. The van der Waals surface area contributed by atoms with Gasteiger partial charge in [-0.25, -0.2) is 4.98 Å². The molecule has 16 heavy (non-hydrogen) atoms. The molecule has 6 heteroatoms. The number of carbonyl (C=O) groups excluding carboxylic acids is 1. The molecule has 0 fully saturated rings. The molecule has 0 radical (unpaired) electrons. The number of aromatic nitrogens is 3. The van der Waals surface area contributed by atoms with Gasteiger partial charge in [0.15, 0.2) is 0 Å². The highest BCUT2D eigenvalue weighted by Gasteiger charge is 2.03. The summed E-state index contributed by atoms with van der Waals surface area (Å²) in [6.07, 6.45) is 2.58. The third-order valence-electron chi connectivity index (χ3n) is 2.09. The van der Waals surface area contributed by atoms with E-state index in [-0.39, 0.29) is 5.91 Å². The van der Waals surface area contributed by atoms with Crippen molar-refractivity contribution in [2.75, 3.05) is 6.54 Å². The fraction of sp³-hybridized carbons (Fsp3) is 0.300. The second kappa shape index (κ2) is 5.41. The van der Waals surface area contributed by atoms with Crippen LogP contribution in [0.5, 0.6) is 0 Å². The quantitative estimate of drug-likeness (QED) is 0.805. The minimum absolute atomic E-state index is 0.0397. The topological polar surface area (TPSA) is 70.7 Å². The van der Waals surface area contributed by atoms with Crippen LogP contribution in [0, 0.1) is 0 Å². The molecule has 0 aromatic carbocycles. The Kier molecular flexibility index (Phi) is 3.66. The standard InChI is InChI=1S/C10H12N4OS/c15-10(5-8-2-4-16-6-8)11-3-1-9-12-7-13-14-9/h2,4,6-7H,1,3,5H2,(H,11,15)(H,12,13,14). The van der Waals surface area contributed by atoms with Gasteiger partial charge < -0.3 is 5.32 Å². The first-order valence-electron chi connectivity index (χ1n) is 4.96. The summed E-state index contributed by atoms with van der Waals surface area (Å²) in [6.45, 7) is 0.582.